The van der Waals surface area contributed by atoms with E-state index in [1.807, 2.05) is 17.0 Å². The Morgan fingerprint density at radius 2 is 1.80 bits per heavy atom. The van der Waals surface area contributed by atoms with Crippen LogP contribution in [0.1, 0.15) is 28.4 Å². The largest absolute Gasteiger partial charge is 0.453 e. The summed E-state index contributed by atoms with van der Waals surface area (Å²) in [7, 11) is 0. The van der Waals surface area contributed by atoms with Gasteiger partial charge in [-0.25, -0.2) is 14.8 Å². The molecule has 0 N–H and O–H groups in total. The second kappa shape index (κ2) is 6.51. The van der Waals surface area contributed by atoms with Crippen LogP contribution in [0.15, 0.2) is 42.7 Å². The van der Waals surface area contributed by atoms with Gasteiger partial charge in [0.25, 0.3) is 0 Å². The van der Waals surface area contributed by atoms with Crippen LogP contribution >= 0.6 is 0 Å². The summed E-state index contributed by atoms with van der Waals surface area (Å²) in [6.07, 6.45) is 3.13. The third kappa shape index (κ3) is 3.05. The van der Waals surface area contributed by atoms with Crippen molar-refractivity contribution in [2.75, 3.05) is 31.1 Å². The third-order valence-electron chi connectivity index (χ3n) is 4.60. The molecule has 3 heterocycles. The van der Waals surface area contributed by atoms with Gasteiger partial charge in [0.1, 0.15) is 6.10 Å². The fraction of sp³-hybridized carbons (Fsp3) is 0.333. The molecule has 4 rings (SSSR count). The quantitative estimate of drug-likeness (QED) is 0.788. The molecule has 0 radical (unpaired) electrons. The Bertz CT molecular complexity index is 788. The van der Waals surface area contributed by atoms with E-state index in [0.717, 1.165) is 5.56 Å². The Hall–Kier alpha value is -2.96. The van der Waals surface area contributed by atoms with E-state index in [4.69, 9.17) is 4.74 Å². The number of benzene rings is 1. The first-order valence-corrected chi connectivity index (χ1v) is 8.32. The van der Waals surface area contributed by atoms with Crippen molar-refractivity contribution in [3.05, 3.63) is 53.9 Å². The molecule has 0 bridgehead atoms. The molecule has 128 valence electrons. The van der Waals surface area contributed by atoms with Crippen LogP contribution in [-0.2, 0) is 9.53 Å². The zero-order valence-electron chi connectivity index (χ0n) is 13.7. The summed E-state index contributed by atoms with van der Waals surface area (Å²) in [5.41, 5.74) is 1.36. The molecule has 2 aliphatic heterocycles. The highest BCUT2D eigenvalue weighted by atomic mass is 16.5. The maximum Gasteiger partial charge on any atom is 0.339 e. The molecule has 25 heavy (non-hydrogen) atoms. The van der Waals surface area contributed by atoms with E-state index in [-0.39, 0.29) is 18.3 Å². The lowest BCUT2D eigenvalue weighted by atomic mass is 10.0. The minimum absolute atomic E-state index is 0.00290. The Balaban J connectivity index is 1.37. The summed E-state index contributed by atoms with van der Waals surface area (Å²) >= 11 is 0. The Labute approximate surface area is 145 Å². The second-order valence-electron chi connectivity index (χ2n) is 6.10. The lowest BCUT2D eigenvalue weighted by Gasteiger charge is -2.35. The number of nitrogens with zero attached hydrogens (tertiary/aromatic N) is 4. The molecule has 7 nitrogen and oxygen atoms in total. The van der Waals surface area contributed by atoms with Gasteiger partial charge >= 0.3 is 5.97 Å². The van der Waals surface area contributed by atoms with Crippen molar-refractivity contribution in [3.63, 3.8) is 0 Å². The number of rotatable bonds is 3. The van der Waals surface area contributed by atoms with Crippen LogP contribution in [0.4, 0.5) is 5.95 Å². The van der Waals surface area contributed by atoms with E-state index < -0.39 is 6.10 Å². The molecule has 0 saturated carbocycles. The number of anilines is 1. The van der Waals surface area contributed by atoms with Gasteiger partial charge in [-0.1, -0.05) is 18.2 Å². The topological polar surface area (TPSA) is 75.6 Å². The van der Waals surface area contributed by atoms with Crippen LogP contribution in [0.2, 0.25) is 0 Å². The highest BCUT2D eigenvalue weighted by Crippen LogP contribution is 2.33. The molecule has 0 aliphatic carbocycles. The average Bonchev–Trinajstić information content (AvgIpc) is 2.98. The predicted molar refractivity (Wildman–Crippen MR) is 90.0 cm³/mol. The van der Waals surface area contributed by atoms with Crippen LogP contribution in [-0.4, -0.2) is 52.9 Å². The van der Waals surface area contributed by atoms with Crippen LogP contribution in [0, 0.1) is 0 Å². The normalized spacial score (nSPS) is 19.5. The first kappa shape index (κ1) is 15.6. The number of fused-ring (bicyclic) bond motifs is 1. The Morgan fingerprint density at radius 1 is 1.08 bits per heavy atom. The Kier molecular flexibility index (Phi) is 4.05. The first-order valence-electron chi connectivity index (χ1n) is 8.32. The molecule has 1 unspecified atom stereocenters. The van der Waals surface area contributed by atoms with E-state index in [1.54, 1.807) is 30.6 Å². The SMILES string of the molecule is O=C1OC(CC(=O)N2CCN(c3ncccn3)CC2)c2ccccc21. The van der Waals surface area contributed by atoms with Gasteiger partial charge in [-0.15, -0.1) is 0 Å². The molecule has 1 saturated heterocycles. The number of amides is 1. The number of hydrogen-bond donors (Lipinski definition) is 0. The fourth-order valence-electron chi connectivity index (χ4n) is 3.27. The average molecular weight is 338 g/mol. The number of carbonyl (C=O) groups is 2. The van der Waals surface area contributed by atoms with Crippen molar-refractivity contribution >= 4 is 17.8 Å². The van der Waals surface area contributed by atoms with Crippen LogP contribution in [0.5, 0.6) is 0 Å². The van der Waals surface area contributed by atoms with Gasteiger partial charge in [0.2, 0.25) is 11.9 Å². The number of aromatic nitrogens is 2. The zero-order chi connectivity index (χ0) is 17.2. The van der Waals surface area contributed by atoms with Gasteiger partial charge in [-0.05, 0) is 12.1 Å². The molecule has 1 fully saturated rings. The predicted octanol–water partition coefficient (Wildman–Crippen LogP) is 1.43. The van der Waals surface area contributed by atoms with Crippen molar-refractivity contribution < 1.29 is 14.3 Å². The highest BCUT2D eigenvalue weighted by molar-refractivity contribution is 5.94. The standard InChI is InChI=1S/C18H18N4O3/c23-16(12-15-13-4-1-2-5-14(13)17(24)25-15)21-8-10-22(11-9-21)18-19-6-3-7-20-18/h1-7,15H,8-12H2. The molecule has 0 spiro atoms. The van der Waals surface area contributed by atoms with Gasteiger partial charge in [-0.2, -0.15) is 0 Å². The van der Waals surface area contributed by atoms with Gasteiger partial charge < -0.3 is 14.5 Å². The lowest BCUT2D eigenvalue weighted by Crippen LogP contribution is -2.49. The number of cyclic esters (lactones) is 1. The van der Waals surface area contributed by atoms with Crippen LogP contribution < -0.4 is 4.90 Å². The maximum atomic E-state index is 12.6. The summed E-state index contributed by atoms with van der Waals surface area (Å²) in [6.45, 7) is 2.60. The molecule has 2 aliphatic rings. The molecular weight excluding hydrogens is 320 g/mol. The molecule has 1 aromatic heterocycles. The number of piperazine rings is 1. The van der Waals surface area contributed by atoms with Crippen molar-refractivity contribution in [1.82, 2.24) is 14.9 Å². The monoisotopic (exact) mass is 338 g/mol. The highest BCUT2D eigenvalue weighted by Gasteiger charge is 2.34. The van der Waals surface area contributed by atoms with Gasteiger partial charge in [0.05, 0.1) is 12.0 Å². The van der Waals surface area contributed by atoms with E-state index in [0.29, 0.717) is 37.7 Å². The summed E-state index contributed by atoms with van der Waals surface area (Å²) in [6, 6.07) is 9.03. The smallest absolute Gasteiger partial charge is 0.339 e. The number of esters is 1. The lowest BCUT2D eigenvalue weighted by molar-refractivity contribution is -0.133. The molecule has 2 aromatic rings. The second-order valence-corrected chi connectivity index (χ2v) is 6.10. The summed E-state index contributed by atoms with van der Waals surface area (Å²) in [5.74, 6) is 0.343. The molecule has 1 aromatic carbocycles. The number of ether oxygens (including phenoxy) is 1. The maximum absolute atomic E-state index is 12.6. The number of hydrogen-bond acceptors (Lipinski definition) is 6. The summed E-state index contributed by atoms with van der Waals surface area (Å²) in [4.78, 5) is 36.8. The van der Waals surface area contributed by atoms with Crippen molar-refractivity contribution in [3.8, 4) is 0 Å². The third-order valence-corrected chi connectivity index (χ3v) is 4.60. The van der Waals surface area contributed by atoms with E-state index >= 15 is 0 Å². The molecule has 7 heteroatoms. The summed E-state index contributed by atoms with van der Waals surface area (Å²) < 4.78 is 5.37. The molecule has 1 amide bonds. The van der Waals surface area contributed by atoms with Gasteiger partial charge in [0.15, 0.2) is 0 Å². The number of carbonyl (C=O) groups excluding carboxylic acids is 2. The van der Waals surface area contributed by atoms with Crippen LogP contribution in [0.25, 0.3) is 0 Å². The van der Waals surface area contributed by atoms with Crippen molar-refractivity contribution in [2.24, 2.45) is 0 Å². The molecule has 1 atom stereocenters. The summed E-state index contributed by atoms with van der Waals surface area (Å²) in [5, 5.41) is 0. The van der Waals surface area contributed by atoms with E-state index in [1.165, 1.54) is 0 Å². The van der Waals surface area contributed by atoms with E-state index in [9.17, 15) is 9.59 Å². The van der Waals surface area contributed by atoms with Gasteiger partial charge in [-0.3, -0.25) is 4.79 Å². The van der Waals surface area contributed by atoms with E-state index in [2.05, 4.69) is 14.9 Å². The fourth-order valence-corrected chi connectivity index (χ4v) is 3.27. The van der Waals surface area contributed by atoms with Crippen molar-refractivity contribution in [2.45, 2.75) is 12.5 Å². The first-order chi connectivity index (χ1) is 12.2. The minimum Gasteiger partial charge on any atom is -0.453 e. The minimum atomic E-state index is -0.480. The molecular formula is C18H18N4O3. The zero-order valence-corrected chi connectivity index (χ0v) is 13.7. The van der Waals surface area contributed by atoms with Gasteiger partial charge in [0, 0.05) is 44.1 Å². The van der Waals surface area contributed by atoms with Crippen molar-refractivity contribution in [1.29, 1.82) is 0 Å². The van der Waals surface area contributed by atoms with Crippen LogP contribution in [0.3, 0.4) is 0 Å². The Morgan fingerprint density at radius 3 is 2.56 bits per heavy atom.